The van der Waals surface area contributed by atoms with Gasteiger partial charge in [-0.15, -0.1) is 0 Å². The summed E-state index contributed by atoms with van der Waals surface area (Å²) in [4.78, 5) is 9.83. The molecule has 0 saturated heterocycles. The number of rotatable bonds is 5. The molecule has 0 spiro atoms. The minimum atomic E-state index is 0.839. The molecule has 0 aliphatic rings. The Morgan fingerprint density at radius 1 is 1.29 bits per heavy atom. The number of aromatic nitrogens is 2. The minimum Gasteiger partial charge on any atom is -0.364 e. The topological polar surface area (TPSA) is 31.9 Å². The highest BCUT2D eigenvalue weighted by Crippen LogP contribution is 2.20. The van der Waals surface area contributed by atoms with Gasteiger partial charge in [-0.2, -0.15) is 0 Å². The molecule has 1 N–H and O–H groups in total. The fraction of sp³-hybridized carbons (Fsp3) is 0.357. The van der Waals surface area contributed by atoms with E-state index in [1.165, 1.54) is 11.3 Å². The van der Waals surface area contributed by atoms with Crippen LogP contribution >= 0.6 is 0 Å². The molecule has 3 nitrogen and oxygen atoms in total. The van der Waals surface area contributed by atoms with Crippen molar-refractivity contribution in [2.24, 2.45) is 0 Å². The molecule has 3 heteroatoms. The van der Waals surface area contributed by atoms with Gasteiger partial charge in [0, 0.05) is 24.6 Å². The summed E-state index contributed by atoms with van der Waals surface area (Å²) < 4.78 is 0. The molecule has 0 aliphatic carbocycles. The number of hydrogen-bond acceptors (Lipinski definition) is 2. The first-order chi connectivity index (χ1) is 8.31. The monoisotopic (exact) mass is 229 g/mol. The van der Waals surface area contributed by atoms with Gasteiger partial charge in [0.05, 0.1) is 6.54 Å². The van der Waals surface area contributed by atoms with Gasteiger partial charge >= 0.3 is 0 Å². The molecule has 0 atom stereocenters. The van der Waals surface area contributed by atoms with Gasteiger partial charge in [-0.05, 0) is 25.0 Å². The third kappa shape index (κ3) is 2.87. The van der Waals surface area contributed by atoms with Gasteiger partial charge in [0.15, 0.2) is 0 Å². The van der Waals surface area contributed by atoms with E-state index in [1.807, 2.05) is 6.20 Å². The standard InChI is InChI=1S/C14H19N3/c1-3-10-17(11-14-15-8-9-16-14)13-7-5-4-6-12(13)2/h4-9H,3,10-11H2,1-2H3,(H,15,16). The summed E-state index contributed by atoms with van der Waals surface area (Å²) in [7, 11) is 0. The third-order valence-corrected chi connectivity index (χ3v) is 2.85. The van der Waals surface area contributed by atoms with E-state index in [2.05, 4.69) is 53.0 Å². The van der Waals surface area contributed by atoms with E-state index in [9.17, 15) is 0 Å². The van der Waals surface area contributed by atoms with Gasteiger partial charge in [-0.3, -0.25) is 0 Å². The predicted octanol–water partition coefficient (Wildman–Crippen LogP) is 3.13. The maximum absolute atomic E-state index is 4.30. The highest BCUT2D eigenvalue weighted by Gasteiger charge is 2.09. The lowest BCUT2D eigenvalue weighted by atomic mass is 10.1. The van der Waals surface area contributed by atoms with E-state index < -0.39 is 0 Å². The molecule has 17 heavy (non-hydrogen) atoms. The Balaban J connectivity index is 2.20. The van der Waals surface area contributed by atoms with Crippen LogP contribution in [0.2, 0.25) is 0 Å². The van der Waals surface area contributed by atoms with Gasteiger partial charge in [0.2, 0.25) is 0 Å². The van der Waals surface area contributed by atoms with Crippen LogP contribution in [0.25, 0.3) is 0 Å². The summed E-state index contributed by atoms with van der Waals surface area (Å²) in [6.45, 7) is 6.24. The lowest BCUT2D eigenvalue weighted by Crippen LogP contribution is -2.24. The largest absolute Gasteiger partial charge is 0.364 e. The molecule has 1 aromatic carbocycles. The molecule has 0 amide bonds. The van der Waals surface area contributed by atoms with Crippen LogP contribution in [0, 0.1) is 6.92 Å². The number of benzene rings is 1. The Kier molecular flexibility index (Phi) is 3.81. The molecule has 1 heterocycles. The maximum atomic E-state index is 4.30. The molecule has 0 saturated carbocycles. The molecule has 0 bridgehead atoms. The van der Waals surface area contributed by atoms with Gasteiger partial charge in [-0.1, -0.05) is 25.1 Å². The lowest BCUT2D eigenvalue weighted by molar-refractivity contribution is 0.741. The fourth-order valence-corrected chi connectivity index (χ4v) is 2.04. The van der Waals surface area contributed by atoms with Crippen molar-refractivity contribution < 1.29 is 0 Å². The molecular weight excluding hydrogens is 210 g/mol. The Labute approximate surface area is 103 Å². The van der Waals surface area contributed by atoms with Crippen LogP contribution in [-0.4, -0.2) is 16.5 Å². The Bertz CT molecular complexity index is 448. The zero-order chi connectivity index (χ0) is 12.1. The van der Waals surface area contributed by atoms with Gasteiger partial charge in [0.25, 0.3) is 0 Å². The van der Waals surface area contributed by atoms with Crippen molar-refractivity contribution in [3.63, 3.8) is 0 Å². The lowest BCUT2D eigenvalue weighted by Gasteiger charge is -2.25. The molecule has 2 aromatic rings. The van der Waals surface area contributed by atoms with Gasteiger partial charge in [-0.25, -0.2) is 4.98 Å². The predicted molar refractivity (Wildman–Crippen MR) is 71.1 cm³/mol. The SMILES string of the molecule is CCCN(Cc1ncc[nH]1)c1ccccc1C. The molecule has 0 fully saturated rings. The van der Waals surface area contributed by atoms with E-state index in [4.69, 9.17) is 0 Å². The van der Waals surface area contributed by atoms with E-state index in [0.717, 1.165) is 25.3 Å². The Morgan fingerprint density at radius 2 is 2.12 bits per heavy atom. The average molecular weight is 229 g/mol. The van der Waals surface area contributed by atoms with Crippen LogP contribution in [0.5, 0.6) is 0 Å². The van der Waals surface area contributed by atoms with Crippen LogP contribution < -0.4 is 4.90 Å². The Morgan fingerprint density at radius 3 is 2.76 bits per heavy atom. The molecule has 1 aromatic heterocycles. The number of aromatic amines is 1. The van der Waals surface area contributed by atoms with E-state index in [1.54, 1.807) is 6.20 Å². The second kappa shape index (κ2) is 5.53. The first-order valence-corrected chi connectivity index (χ1v) is 6.10. The second-order valence-electron chi connectivity index (χ2n) is 4.24. The van der Waals surface area contributed by atoms with E-state index >= 15 is 0 Å². The summed E-state index contributed by atoms with van der Waals surface area (Å²) in [6, 6.07) is 8.50. The van der Waals surface area contributed by atoms with Crippen molar-refractivity contribution >= 4 is 5.69 Å². The molecular formula is C14H19N3. The van der Waals surface area contributed by atoms with Crippen LogP contribution in [0.15, 0.2) is 36.7 Å². The quantitative estimate of drug-likeness (QED) is 0.854. The van der Waals surface area contributed by atoms with Crippen LogP contribution in [-0.2, 0) is 6.54 Å². The second-order valence-corrected chi connectivity index (χ2v) is 4.24. The normalized spacial score (nSPS) is 10.5. The van der Waals surface area contributed by atoms with Crippen molar-refractivity contribution in [2.45, 2.75) is 26.8 Å². The van der Waals surface area contributed by atoms with Crippen molar-refractivity contribution in [1.82, 2.24) is 9.97 Å². The molecule has 0 radical (unpaired) electrons. The van der Waals surface area contributed by atoms with Crippen molar-refractivity contribution in [1.29, 1.82) is 0 Å². The fourth-order valence-electron chi connectivity index (χ4n) is 2.04. The van der Waals surface area contributed by atoms with Crippen LogP contribution in [0.3, 0.4) is 0 Å². The summed E-state index contributed by atoms with van der Waals surface area (Å²) >= 11 is 0. The minimum absolute atomic E-state index is 0.839. The molecule has 90 valence electrons. The molecule has 0 unspecified atom stereocenters. The number of hydrogen-bond donors (Lipinski definition) is 1. The first kappa shape index (κ1) is 11.7. The van der Waals surface area contributed by atoms with E-state index in [-0.39, 0.29) is 0 Å². The number of imidazole rings is 1. The van der Waals surface area contributed by atoms with Crippen LogP contribution in [0.1, 0.15) is 24.7 Å². The highest BCUT2D eigenvalue weighted by molar-refractivity contribution is 5.52. The summed E-state index contributed by atoms with van der Waals surface area (Å²) in [5.41, 5.74) is 2.61. The Hall–Kier alpha value is -1.77. The van der Waals surface area contributed by atoms with Gasteiger partial charge in [0.1, 0.15) is 5.82 Å². The van der Waals surface area contributed by atoms with Crippen molar-refractivity contribution in [3.8, 4) is 0 Å². The number of nitrogens with zero attached hydrogens (tertiary/aromatic N) is 2. The molecule has 2 rings (SSSR count). The van der Waals surface area contributed by atoms with Gasteiger partial charge < -0.3 is 9.88 Å². The number of nitrogens with one attached hydrogen (secondary N) is 1. The first-order valence-electron chi connectivity index (χ1n) is 6.10. The highest BCUT2D eigenvalue weighted by atomic mass is 15.2. The summed E-state index contributed by atoms with van der Waals surface area (Å²) in [5.74, 6) is 1.02. The van der Waals surface area contributed by atoms with Crippen molar-refractivity contribution in [3.05, 3.63) is 48.0 Å². The zero-order valence-electron chi connectivity index (χ0n) is 10.5. The summed E-state index contributed by atoms with van der Waals surface area (Å²) in [5, 5.41) is 0. The number of H-pyrrole nitrogens is 1. The maximum Gasteiger partial charge on any atom is 0.125 e. The van der Waals surface area contributed by atoms with E-state index in [0.29, 0.717) is 0 Å². The number of para-hydroxylation sites is 1. The zero-order valence-corrected chi connectivity index (χ0v) is 10.5. The summed E-state index contributed by atoms with van der Waals surface area (Å²) in [6.07, 6.45) is 4.81. The number of aryl methyl sites for hydroxylation is 1. The molecule has 0 aliphatic heterocycles. The average Bonchev–Trinajstić information content (AvgIpc) is 2.82. The van der Waals surface area contributed by atoms with Crippen LogP contribution in [0.4, 0.5) is 5.69 Å². The van der Waals surface area contributed by atoms with Crippen molar-refractivity contribution in [2.75, 3.05) is 11.4 Å². The number of anilines is 1. The smallest absolute Gasteiger partial charge is 0.125 e. The third-order valence-electron chi connectivity index (χ3n) is 2.85.